The highest BCUT2D eigenvalue weighted by molar-refractivity contribution is 6.03. The molecule has 0 radical (unpaired) electrons. The summed E-state index contributed by atoms with van der Waals surface area (Å²) in [5, 5.41) is 6.11. The molecule has 1 N–H and O–H groups in total. The van der Waals surface area contributed by atoms with Gasteiger partial charge in [-0.25, -0.2) is 9.78 Å². The number of hydrogen-bond donors (Lipinski definition) is 1. The summed E-state index contributed by atoms with van der Waals surface area (Å²) < 4.78 is 6.49. The number of nitrogens with zero attached hydrogens (tertiary/aromatic N) is 3. The van der Waals surface area contributed by atoms with Gasteiger partial charge < -0.3 is 0 Å². The Kier molecular flexibility index (Phi) is 7.33. The summed E-state index contributed by atoms with van der Waals surface area (Å²) in [5.41, 5.74) is 6.35. The van der Waals surface area contributed by atoms with Gasteiger partial charge >= 0.3 is 5.76 Å². The first kappa shape index (κ1) is 26.4. The number of hydrogen-bond acceptors (Lipinski definition) is 5. The van der Waals surface area contributed by atoms with Crippen molar-refractivity contribution in [3.05, 3.63) is 134 Å². The molecule has 0 atom stereocenters. The lowest BCUT2D eigenvalue weighted by atomic mass is 9.90. The third-order valence-electron chi connectivity index (χ3n) is 7.68. The Hall–Kier alpha value is -4.78. The van der Waals surface area contributed by atoms with Crippen molar-refractivity contribution < 1.29 is 4.52 Å². The fourth-order valence-electron chi connectivity index (χ4n) is 5.59. The number of aromatic amines is 1. The Bertz CT molecular complexity index is 1910. The van der Waals surface area contributed by atoms with Gasteiger partial charge in [-0.05, 0) is 72.2 Å². The van der Waals surface area contributed by atoms with E-state index in [1.54, 1.807) is 4.57 Å². The minimum atomic E-state index is -0.568. The largest absolute Gasteiger partial charge is 0.439 e. The van der Waals surface area contributed by atoms with Crippen molar-refractivity contribution in [2.45, 2.75) is 52.4 Å². The second-order valence-corrected chi connectivity index (χ2v) is 10.5. The van der Waals surface area contributed by atoms with Crippen molar-refractivity contribution in [1.29, 1.82) is 0 Å². The number of rotatable bonds is 8. The third kappa shape index (κ3) is 5.35. The van der Waals surface area contributed by atoms with Crippen molar-refractivity contribution >= 4 is 21.9 Å². The molecule has 0 saturated carbocycles. The molecule has 2 aromatic heterocycles. The Morgan fingerprint density at radius 3 is 2.41 bits per heavy atom. The van der Waals surface area contributed by atoms with E-state index in [9.17, 15) is 9.59 Å². The van der Waals surface area contributed by atoms with Crippen molar-refractivity contribution in [2.75, 3.05) is 0 Å². The Labute approximate surface area is 237 Å². The zero-order valence-electron chi connectivity index (χ0n) is 23.3. The van der Waals surface area contributed by atoms with Crippen LogP contribution in [0.2, 0.25) is 0 Å². The van der Waals surface area contributed by atoms with E-state index in [1.165, 1.54) is 0 Å². The molecule has 41 heavy (non-hydrogen) atoms. The molecule has 2 heterocycles. The van der Waals surface area contributed by atoms with E-state index in [0.29, 0.717) is 18.1 Å². The summed E-state index contributed by atoms with van der Waals surface area (Å²) in [4.78, 5) is 33.3. The van der Waals surface area contributed by atoms with Gasteiger partial charge in [-0.3, -0.25) is 18.9 Å². The molecule has 5 aromatic rings. The molecule has 0 amide bonds. The number of fused-ring (bicyclic) bond motifs is 1. The van der Waals surface area contributed by atoms with Crippen LogP contribution in [-0.4, -0.2) is 19.7 Å². The number of nitrogens with one attached hydrogen (secondary N) is 1. The molecule has 0 aliphatic heterocycles. The molecule has 0 saturated heterocycles. The van der Waals surface area contributed by atoms with E-state index in [4.69, 9.17) is 9.51 Å². The fraction of sp³-hybridized carbons (Fsp3) is 0.235. The van der Waals surface area contributed by atoms with Gasteiger partial charge in [0.15, 0.2) is 5.82 Å². The average Bonchev–Trinajstić information content (AvgIpc) is 3.44. The normalized spacial score (nSPS) is 13.3. The number of allylic oxidation sites excluding steroid dienone is 4. The maximum absolute atomic E-state index is 14.1. The van der Waals surface area contributed by atoms with Crippen molar-refractivity contribution in [3.63, 3.8) is 0 Å². The van der Waals surface area contributed by atoms with Gasteiger partial charge in [-0.2, -0.15) is 0 Å². The smallest absolute Gasteiger partial charge is 0.296 e. The fourth-order valence-corrected chi connectivity index (χ4v) is 5.59. The van der Waals surface area contributed by atoms with E-state index >= 15 is 0 Å². The molecule has 1 aliphatic rings. The van der Waals surface area contributed by atoms with Gasteiger partial charge in [0.2, 0.25) is 0 Å². The van der Waals surface area contributed by atoms with Crippen LogP contribution in [0.3, 0.4) is 0 Å². The summed E-state index contributed by atoms with van der Waals surface area (Å²) in [5.74, 6) is 0.566. The predicted molar refractivity (Wildman–Crippen MR) is 162 cm³/mol. The van der Waals surface area contributed by atoms with Crippen LogP contribution >= 0.6 is 0 Å². The van der Waals surface area contributed by atoms with Crippen LogP contribution in [-0.2, 0) is 12.8 Å². The zero-order chi connectivity index (χ0) is 28.3. The van der Waals surface area contributed by atoms with E-state index in [-0.39, 0.29) is 5.56 Å². The number of benzene rings is 3. The Morgan fingerprint density at radius 2 is 1.68 bits per heavy atom. The minimum absolute atomic E-state index is 0.0156. The molecule has 0 unspecified atom stereocenters. The SMILES string of the molecule is CCCCc1nc(C)n(-c2ccc3ccccc3c2)c(=O)c1Cc1ccc(C2=CCCC=C2c2noc(=O)[nH]2)cc1. The van der Waals surface area contributed by atoms with Crippen LogP contribution < -0.4 is 11.3 Å². The van der Waals surface area contributed by atoms with Crippen LogP contribution in [0, 0.1) is 6.92 Å². The van der Waals surface area contributed by atoms with Crippen LogP contribution in [0.4, 0.5) is 0 Å². The van der Waals surface area contributed by atoms with Gasteiger partial charge in [-0.1, -0.05) is 85.3 Å². The van der Waals surface area contributed by atoms with E-state index in [0.717, 1.165) is 82.1 Å². The number of H-pyrrole nitrogens is 1. The topological polar surface area (TPSA) is 93.8 Å². The molecular formula is C34H32N4O3. The van der Waals surface area contributed by atoms with Crippen LogP contribution in [0.1, 0.15) is 66.6 Å². The molecule has 0 fully saturated rings. The Morgan fingerprint density at radius 1 is 0.927 bits per heavy atom. The maximum Gasteiger partial charge on any atom is 0.439 e. The standard InChI is InChI=1S/C34H32N4O3/c1-3-4-13-31-30(33(39)38(22(2)35-31)27-19-18-24-9-5-6-10-26(24)21-27)20-23-14-16-25(17-15-23)28-11-7-8-12-29(28)32-36-34(40)41-37-32/h5-6,9-12,14-19,21H,3-4,7-8,13,20H2,1-2H3,(H,36,37,40). The van der Waals surface area contributed by atoms with Gasteiger partial charge in [-0.15, -0.1) is 0 Å². The van der Waals surface area contributed by atoms with Crippen molar-refractivity contribution in [1.82, 2.24) is 19.7 Å². The maximum atomic E-state index is 14.1. The quantitative estimate of drug-likeness (QED) is 0.239. The predicted octanol–water partition coefficient (Wildman–Crippen LogP) is 6.56. The minimum Gasteiger partial charge on any atom is -0.296 e. The van der Waals surface area contributed by atoms with E-state index < -0.39 is 5.76 Å². The van der Waals surface area contributed by atoms with E-state index in [2.05, 4.69) is 77.7 Å². The van der Waals surface area contributed by atoms with Gasteiger partial charge in [0, 0.05) is 17.6 Å². The van der Waals surface area contributed by atoms with E-state index in [1.807, 2.05) is 25.1 Å². The lowest BCUT2D eigenvalue weighted by Crippen LogP contribution is -2.28. The molecule has 7 heteroatoms. The summed E-state index contributed by atoms with van der Waals surface area (Å²) >= 11 is 0. The first-order chi connectivity index (χ1) is 20.0. The molecular weight excluding hydrogens is 512 g/mol. The molecule has 6 rings (SSSR count). The summed E-state index contributed by atoms with van der Waals surface area (Å²) in [6.45, 7) is 4.06. The average molecular weight is 545 g/mol. The first-order valence-electron chi connectivity index (χ1n) is 14.2. The highest BCUT2D eigenvalue weighted by atomic mass is 16.5. The number of aryl methyl sites for hydroxylation is 2. The highest BCUT2D eigenvalue weighted by Gasteiger charge is 2.19. The first-order valence-corrected chi connectivity index (χ1v) is 14.2. The summed E-state index contributed by atoms with van der Waals surface area (Å²) in [6, 6.07) is 22.5. The molecule has 3 aromatic carbocycles. The van der Waals surface area contributed by atoms with Crippen LogP contribution in [0.5, 0.6) is 0 Å². The molecule has 206 valence electrons. The summed E-state index contributed by atoms with van der Waals surface area (Å²) in [7, 11) is 0. The lowest BCUT2D eigenvalue weighted by molar-refractivity contribution is 0.385. The third-order valence-corrected chi connectivity index (χ3v) is 7.68. The van der Waals surface area contributed by atoms with Crippen LogP contribution in [0.25, 0.3) is 27.6 Å². The molecule has 1 aliphatic carbocycles. The molecule has 0 spiro atoms. The van der Waals surface area contributed by atoms with Crippen molar-refractivity contribution in [3.8, 4) is 5.69 Å². The second kappa shape index (κ2) is 11.4. The van der Waals surface area contributed by atoms with Gasteiger partial charge in [0.05, 0.1) is 11.4 Å². The zero-order valence-corrected chi connectivity index (χ0v) is 23.3. The highest BCUT2D eigenvalue weighted by Crippen LogP contribution is 2.33. The van der Waals surface area contributed by atoms with Gasteiger partial charge in [0.1, 0.15) is 5.82 Å². The monoisotopic (exact) mass is 544 g/mol. The Balaban J connectivity index is 1.35. The van der Waals surface area contributed by atoms with Crippen molar-refractivity contribution in [2.24, 2.45) is 0 Å². The number of aromatic nitrogens is 4. The summed E-state index contributed by atoms with van der Waals surface area (Å²) in [6.07, 6.45) is 9.29. The lowest BCUT2D eigenvalue weighted by Gasteiger charge is -2.17. The molecule has 0 bridgehead atoms. The molecule has 7 nitrogen and oxygen atoms in total. The second-order valence-electron chi connectivity index (χ2n) is 10.5. The van der Waals surface area contributed by atoms with Crippen LogP contribution in [0.15, 0.2) is 93.0 Å². The number of unbranched alkanes of at least 4 members (excludes halogenated alkanes) is 1. The van der Waals surface area contributed by atoms with Gasteiger partial charge in [0.25, 0.3) is 5.56 Å².